The summed E-state index contributed by atoms with van der Waals surface area (Å²) in [5.41, 5.74) is 1.80. The van der Waals surface area contributed by atoms with Crippen molar-refractivity contribution in [3.63, 3.8) is 0 Å². The Hall–Kier alpha value is -2.24. The van der Waals surface area contributed by atoms with Gasteiger partial charge in [0.15, 0.2) is 5.96 Å². The number of para-hydroxylation sites is 1. The van der Waals surface area contributed by atoms with Gasteiger partial charge in [0.2, 0.25) is 5.91 Å². The van der Waals surface area contributed by atoms with Gasteiger partial charge in [-0.15, -0.1) is 0 Å². The van der Waals surface area contributed by atoms with Gasteiger partial charge in [-0.3, -0.25) is 9.79 Å². The minimum atomic E-state index is 0.231. The van der Waals surface area contributed by atoms with E-state index < -0.39 is 0 Å². The van der Waals surface area contributed by atoms with Gasteiger partial charge in [0, 0.05) is 57.9 Å². The number of piperazine rings is 1. The van der Waals surface area contributed by atoms with Crippen LogP contribution in [0, 0.1) is 5.41 Å². The van der Waals surface area contributed by atoms with Crippen molar-refractivity contribution in [2.75, 3.05) is 57.3 Å². The van der Waals surface area contributed by atoms with E-state index in [9.17, 15) is 4.79 Å². The number of anilines is 1. The molecule has 2 aliphatic heterocycles. The second kappa shape index (κ2) is 9.06. The quantitative estimate of drug-likeness (QED) is 0.613. The van der Waals surface area contributed by atoms with E-state index in [1.165, 1.54) is 31.4 Å². The molecule has 0 atom stereocenters. The molecule has 1 aromatic carbocycles. The third-order valence-corrected chi connectivity index (χ3v) is 6.83. The highest BCUT2D eigenvalue weighted by Gasteiger charge is 2.43. The zero-order chi connectivity index (χ0) is 20.1. The first kappa shape index (κ1) is 20.0. The van der Waals surface area contributed by atoms with E-state index in [1.807, 2.05) is 11.0 Å². The summed E-state index contributed by atoms with van der Waals surface area (Å²) >= 11 is 0. The zero-order valence-electron chi connectivity index (χ0n) is 17.8. The lowest BCUT2D eigenvalue weighted by molar-refractivity contribution is -0.131. The average molecular weight is 398 g/mol. The van der Waals surface area contributed by atoms with Crippen LogP contribution < -0.4 is 10.2 Å². The molecule has 1 amide bonds. The second-order valence-electron chi connectivity index (χ2n) is 8.71. The molecule has 1 saturated carbocycles. The van der Waals surface area contributed by atoms with Gasteiger partial charge in [-0.05, 0) is 43.7 Å². The van der Waals surface area contributed by atoms with Crippen LogP contribution in [0.2, 0.25) is 0 Å². The number of carbonyl (C=O) groups excluding carboxylic acids is 1. The number of amides is 1. The summed E-state index contributed by atoms with van der Waals surface area (Å²) in [5.74, 6) is 1.23. The second-order valence-corrected chi connectivity index (χ2v) is 8.71. The van der Waals surface area contributed by atoms with Crippen molar-refractivity contribution in [2.24, 2.45) is 10.4 Å². The smallest absolute Gasteiger partial charge is 0.224 e. The molecule has 3 fully saturated rings. The Morgan fingerprint density at radius 1 is 1.03 bits per heavy atom. The monoisotopic (exact) mass is 397 g/mol. The average Bonchev–Trinajstić information content (AvgIpc) is 3.20. The molecule has 2 saturated heterocycles. The summed E-state index contributed by atoms with van der Waals surface area (Å²) in [5, 5.41) is 3.43. The van der Waals surface area contributed by atoms with Gasteiger partial charge in [0.05, 0.1) is 6.54 Å². The van der Waals surface area contributed by atoms with Crippen LogP contribution in [0.15, 0.2) is 35.3 Å². The number of rotatable bonds is 5. The third kappa shape index (κ3) is 4.68. The largest absolute Gasteiger partial charge is 0.368 e. The Morgan fingerprint density at radius 2 is 1.79 bits per heavy atom. The highest BCUT2D eigenvalue weighted by Crippen LogP contribution is 2.47. The van der Waals surface area contributed by atoms with Crippen LogP contribution in [0.1, 0.15) is 39.0 Å². The third-order valence-electron chi connectivity index (χ3n) is 6.83. The fraction of sp³-hybridized carbons (Fsp3) is 0.652. The van der Waals surface area contributed by atoms with Gasteiger partial charge >= 0.3 is 0 Å². The molecule has 158 valence electrons. The summed E-state index contributed by atoms with van der Waals surface area (Å²) in [6.45, 7) is 9.19. The van der Waals surface area contributed by atoms with E-state index in [4.69, 9.17) is 4.99 Å². The lowest BCUT2D eigenvalue weighted by atomic mass is 9.68. The molecule has 29 heavy (non-hydrogen) atoms. The maximum absolute atomic E-state index is 12.7. The Labute approximate surface area is 175 Å². The van der Waals surface area contributed by atoms with Crippen molar-refractivity contribution in [2.45, 2.75) is 39.0 Å². The molecule has 2 heterocycles. The van der Waals surface area contributed by atoms with E-state index in [0.717, 1.165) is 51.8 Å². The van der Waals surface area contributed by atoms with Crippen molar-refractivity contribution in [1.29, 1.82) is 0 Å². The molecule has 0 bridgehead atoms. The lowest BCUT2D eigenvalue weighted by Gasteiger charge is -2.38. The van der Waals surface area contributed by atoms with Crippen molar-refractivity contribution in [1.82, 2.24) is 15.1 Å². The van der Waals surface area contributed by atoms with E-state index in [0.29, 0.717) is 18.4 Å². The molecule has 0 radical (unpaired) electrons. The molecule has 6 heteroatoms. The van der Waals surface area contributed by atoms with E-state index in [1.54, 1.807) is 0 Å². The number of carbonyl (C=O) groups is 1. The first-order valence-corrected chi connectivity index (χ1v) is 11.3. The van der Waals surface area contributed by atoms with E-state index in [2.05, 4.69) is 46.3 Å². The Bertz CT molecular complexity index is 707. The van der Waals surface area contributed by atoms with Gasteiger partial charge in [0.25, 0.3) is 0 Å². The summed E-state index contributed by atoms with van der Waals surface area (Å²) in [7, 11) is 0. The maximum Gasteiger partial charge on any atom is 0.224 e. The van der Waals surface area contributed by atoms with Crippen LogP contribution >= 0.6 is 0 Å². The zero-order valence-corrected chi connectivity index (χ0v) is 17.8. The summed E-state index contributed by atoms with van der Waals surface area (Å²) in [6, 6.07) is 10.5. The SMILES string of the molecule is CCNC(=NCCC(=O)N1CCN(c2ccccc2)CC1)N1CCC2(CCC2)C1. The predicted octanol–water partition coefficient (Wildman–Crippen LogP) is 2.57. The molecule has 6 nitrogen and oxygen atoms in total. The molecule has 1 aliphatic carbocycles. The molecule has 1 N–H and O–H groups in total. The lowest BCUT2D eigenvalue weighted by Crippen LogP contribution is -2.49. The number of likely N-dealkylation sites (tertiary alicyclic amines) is 1. The molecule has 1 spiro atoms. The number of nitrogens with one attached hydrogen (secondary N) is 1. The topological polar surface area (TPSA) is 51.2 Å². The van der Waals surface area contributed by atoms with Crippen molar-refractivity contribution in [3.05, 3.63) is 30.3 Å². The number of guanidine groups is 1. The van der Waals surface area contributed by atoms with Crippen LogP contribution in [-0.2, 0) is 4.79 Å². The molecule has 0 unspecified atom stereocenters. The normalized spacial score (nSPS) is 21.4. The summed E-state index contributed by atoms with van der Waals surface area (Å²) in [6.07, 6.45) is 5.92. The molecular weight excluding hydrogens is 362 g/mol. The Morgan fingerprint density at radius 3 is 2.41 bits per heavy atom. The fourth-order valence-corrected chi connectivity index (χ4v) is 4.90. The summed E-state index contributed by atoms with van der Waals surface area (Å²) < 4.78 is 0. The molecule has 1 aromatic rings. The Kier molecular flexibility index (Phi) is 6.26. The molecular formula is C23H35N5O. The van der Waals surface area contributed by atoms with Crippen LogP contribution in [-0.4, -0.2) is 74.0 Å². The van der Waals surface area contributed by atoms with Gasteiger partial charge in [-0.1, -0.05) is 24.6 Å². The van der Waals surface area contributed by atoms with Crippen LogP contribution in [0.5, 0.6) is 0 Å². The molecule has 4 rings (SSSR count). The predicted molar refractivity (Wildman–Crippen MR) is 118 cm³/mol. The van der Waals surface area contributed by atoms with E-state index >= 15 is 0 Å². The van der Waals surface area contributed by atoms with Gasteiger partial charge < -0.3 is 20.0 Å². The fourth-order valence-electron chi connectivity index (χ4n) is 4.90. The van der Waals surface area contributed by atoms with Crippen molar-refractivity contribution in [3.8, 4) is 0 Å². The number of aliphatic imine (C=N–C) groups is 1. The maximum atomic E-state index is 12.7. The minimum Gasteiger partial charge on any atom is -0.368 e. The first-order chi connectivity index (χ1) is 14.2. The van der Waals surface area contributed by atoms with Gasteiger partial charge in [-0.25, -0.2) is 0 Å². The van der Waals surface area contributed by atoms with E-state index in [-0.39, 0.29) is 5.91 Å². The Balaban J connectivity index is 1.24. The van der Waals surface area contributed by atoms with Crippen LogP contribution in [0.3, 0.4) is 0 Å². The number of benzene rings is 1. The number of hydrogen-bond acceptors (Lipinski definition) is 3. The van der Waals surface area contributed by atoms with Crippen LogP contribution in [0.25, 0.3) is 0 Å². The highest BCUT2D eigenvalue weighted by atomic mass is 16.2. The molecule has 0 aromatic heterocycles. The molecule has 3 aliphatic rings. The van der Waals surface area contributed by atoms with Crippen molar-refractivity contribution < 1.29 is 4.79 Å². The number of nitrogens with zero attached hydrogens (tertiary/aromatic N) is 4. The minimum absolute atomic E-state index is 0.231. The highest BCUT2D eigenvalue weighted by molar-refractivity contribution is 5.81. The van der Waals surface area contributed by atoms with Gasteiger partial charge in [0.1, 0.15) is 0 Å². The standard InChI is InChI=1S/C23H35N5O/c1-2-24-22(28-14-12-23(19-28)10-6-11-23)25-13-9-21(29)27-17-15-26(16-18-27)20-7-4-3-5-8-20/h3-5,7-8H,2,6,9-19H2,1H3,(H,24,25). The first-order valence-electron chi connectivity index (χ1n) is 11.3. The summed E-state index contributed by atoms with van der Waals surface area (Å²) in [4.78, 5) is 24.2. The van der Waals surface area contributed by atoms with Crippen LogP contribution in [0.4, 0.5) is 5.69 Å². The van der Waals surface area contributed by atoms with Crippen molar-refractivity contribution >= 4 is 17.6 Å². The number of hydrogen-bond donors (Lipinski definition) is 1. The van der Waals surface area contributed by atoms with Gasteiger partial charge in [-0.2, -0.15) is 0 Å².